The van der Waals surface area contributed by atoms with Gasteiger partial charge in [0.25, 0.3) is 0 Å². The Kier molecular flexibility index (Phi) is 5.58. The number of ether oxygens (including phenoxy) is 2. The normalized spacial score (nSPS) is 21.3. The van der Waals surface area contributed by atoms with Crippen LogP contribution in [0, 0.1) is 6.92 Å². The third-order valence-corrected chi connectivity index (χ3v) is 4.16. The predicted octanol–water partition coefficient (Wildman–Crippen LogP) is 1.09. The fraction of sp³-hybridized carbons (Fsp3) is 0.667. The molecule has 0 aromatic carbocycles. The highest BCUT2D eigenvalue weighted by molar-refractivity contribution is 7.80. The minimum atomic E-state index is 0.247. The highest BCUT2D eigenvalue weighted by Gasteiger charge is 2.16. The van der Waals surface area contributed by atoms with Crippen LogP contribution in [0.15, 0.2) is 6.07 Å². The lowest BCUT2D eigenvalue weighted by molar-refractivity contribution is 0.114. The first-order chi connectivity index (χ1) is 11.2. The molecule has 0 aliphatic carbocycles. The first kappa shape index (κ1) is 16.4. The van der Waals surface area contributed by atoms with Gasteiger partial charge in [0.05, 0.1) is 19.3 Å². The molecule has 23 heavy (non-hydrogen) atoms. The van der Waals surface area contributed by atoms with E-state index in [2.05, 4.69) is 25.5 Å². The van der Waals surface area contributed by atoms with E-state index in [1.165, 1.54) is 0 Å². The van der Waals surface area contributed by atoms with Crippen molar-refractivity contribution in [2.75, 3.05) is 49.7 Å². The zero-order chi connectivity index (χ0) is 16.1. The second kappa shape index (κ2) is 7.85. The van der Waals surface area contributed by atoms with Gasteiger partial charge in [0, 0.05) is 38.0 Å². The summed E-state index contributed by atoms with van der Waals surface area (Å²) < 4.78 is 11.0. The molecule has 0 spiro atoms. The predicted molar refractivity (Wildman–Crippen MR) is 93.0 cm³/mol. The third kappa shape index (κ3) is 4.73. The lowest BCUT2D eigenvalue weighted by Crippen LogP contribution is -2.37. The fourth-order valence-electron chi connectivity index (χ4n) is 2.72. The maximum absolute atomic E-state index is 5.57. The summed E-state index contributed by atoms with van der Waals surface area (Å²) in [5.41, 5.74) is 0.908. The molecule has 0 bridgehead atoms. The average Bonchev–Trinajstić information content (AvgIpc) is 3.07. The number of aryl methyl sites for hydroxylation is 1. The van der Waals surface area contributed by atoms with E-state index in [1.807, 2.05) is 13.0 Å². The van der Waals surface area contributed by atoms with Gasteiger partial charge in [-0.3, -0.25) is 0 Å². The number of aromatic nitrogens is 2. The standard InChI is InChI=1S/C15H23N5O2S/c1-11-9-13(20-4-7-21-8-5-20)18-14(17-11)19-15(23)16-10-12-3-2-6-22-12/h9,12H,2-8,10H2,1H3,(H2,16,17,18,19,23)/t12-/m1/s1. The number of anilines is 2. The Labute approximate surface area is 141 Å². The maximum atomic E-state index is 5.57. The van der Waals surface area contributed by atoms with Crippen LogP contribution in [0.5, 0.6) is 0 Å². The van der Waals surface area contributed by atoms with Gasteiger partial charge >= 0.3 is 0 Å². The molecule has 2 saturated heterocycles. The van der Waals surface area contributed by atoms with Crippen molar-refractivity contribution in [3.05, 3.63) is 11.8 Å². The van der Waals surface area contributed by atoms with Gasteiger partial charge in [0.2, 0.25) is 5.95 Å². The van der Waals surface area contributed by atoms with Crippen molar-refractivity contribution in [3.8, 4) is 0 Å². The molecule has 0 unspecified atom stereocenters. The summed E-state index contributed by atoms with van der Waals surface area (Å²) in [6, 6.07) is 1.99. The Balaban J connectivity index is 1.57. The molecular formula is C15H23N5O2S. The Morgan fingerprint density at radius 1 is 1.35 bits per heavy atom. The maximum Gasteiger partial charge on any atom is 0.231 e. The highest BCUT2D eigenvalue weighted by Crippen LogP contribution is 2.16. The number of nitrogens with one attached hydrogen (secondary N) is 2. The van der Waals surface area contributed by atoms with Crippen molar-refractivity contribution in [3.63, 3.8) is 0 Å². The summed E-state index contributed by atoms with van der Waals surface area (Å²) in [6.07, 6.45) is 2.45. The summed E-state index contributed by atoms with van der Waals surface area (Å²) >= 11 is 5.32. The van der Waals surface area contributed by atoms with Crippen LogP contribution < -0.4 is 15.5 Å². The van der Waals surface area contributed by atoms with Gasteiger partial charge in [-0.2, -0.15) is 4.98 Å². The van der Waals surface area contributed by atoms with Crippen molar-refractivity contribution < 1.29 is 9.47 Å². The molecule has 3 heterocycles. The van der Waals surface area contributed by atoms with Crippen LogP contribution in [-0.4, -0.2) is 60.6 Å². The molecule has 0 saturated carbocycles. The molecule has 0 radical (unpaired) electrons. The van der Waals surface area contributed by atoms with E-state index in [0.717, 1.165) is 57.3 Å². The van der Waals surface area contributed by atoms with Crippen LogP contribution in [-0.2, 0) is 9.47 Å². The number of nitrogens with zero attached hydrogens (tertiary/aromatic N) is 3. The van der Waals surface area contributed by atoms with E-state index in [4.69, 9.17) is 21.7 Å². The van der Waals surface area contributed by atoms with Crippen LogP contribution in [0.25, 0.3) is 0 Å². The fourth-order valence-corrected chi connectivity index (χ4v) is 2.89. The summed E-state index contributed by atoms with van der Waals surface area (Å²) in [5.74, 6) is 1.43. The summed E-state index contributed by atoms with van der Waals surface area (Å²) in [7, 11) is 0. The van der Waals surface area contributed by atoms with Crippen LogP contribution >= 0.6 is 12.2 Å². The van der Waals surface area contributed by atoms with Crippen molar-refractivity contribution in [2.24, 2.45) is 0 Å². The second-order valence-corrected chi connectivity index (χ2v) is 6.17. The molecule has 1 aromatic heterocycles. The van der Waals surface area contributed by atoms with Gasteiger partial charge < -0.3 is 25.0 Å². The van der Waals surface area contributed by atoms with Crippen LogP contribution in [0.3, 0.4) is 0 Å². The van der Waals surface area contributed by atoms with Gasteiger partial charge in [0.1, 0.15) is 5.82 Å². The number of hydrogen-bond donors (Lipinski definition) is 2. The van der Waals surface area contributed by atoms with E-state index < -0.39 is 0 Å². The average molecular weight is 337 g/mol. The van der Waals surface area contributed by atoms with Crippen LogP contribution in [0.1, 0.15) is 18.5 Å². The van der Waals surface area contributed by atoms with E-state index in [0.29, 0.717) is 17.6 Å². The van der Waals surface area contributed by atoms with Gasteiger partial charge in [-0.05, 0) is 32.0 Å². The lowest BCUT2D eigenvalue weighted by atomic mass is 10.2. The van der Waals surface area contributed by atoms with E-state index >= 15 is 0 Å². The van der Waals surface area contributed by atoms with Crippen LogP contribution in [0.2, 0.25) is 0 Å². The molecule has 2 fully saturated rings. The number of hydrogen-bond acceptors (Lipinski definition) is 6. The molecule has 126 valence electrons. The number of thiocarbonyl (C=S) groups is 1. The third-order valence-electron chi connectivity index (χ3n) is 3.92. The van der Waals surface area contributed by atoms with Gasteiger partial charge in [0.15, 0.2) is 5.11 Å². The minimum Gasteiger partial charge on any atom is -0.378 e. The quantitative estimate of drug-likeness (QED) is 0.791. The molecule has 1 aromatic rings. The van der Waals surface area contributed by atoms with Crippen molar-refractivity contribution in [1.29, 1.82) is 0 Å². The Hall–Kier alpha value is -1.51. The van der Waals surface area contributed by atoms with Gasteiger partial charge in [-0.15, -0.1) is 0 Å². The first-order valence-electron chi connectivity index (χ1n) is 8.05. The van der Waals surface area contributed by atoms with Gasteiger partial charge in [-0.25, -0.2) is 4.98 Å². The van der Waals surface area contributed by atoms with E-state index in [9.17, 15) is 0 Å². The Bertz CT molecular complexity index is 545. The molecular weight excluding hydrogens is 314 g/mol. The smallest absolute Gasteiger partial charge is 0.231 e. The van der Waals surface area contributed by atoms with Crippen LogP contribution in [0.4, 0.5) is 11.8 Å². The molecule has 2 aliphatic rings. The molecule has 2 aliphatic heterocycles. The Morgan fingerprint density at radius 3 is 2.91 bits per heavy atom. The second-order valence-electron chi connectivity index (χ2n) is 5.76. The van der Waals surface area contributed by atoms with Crippen molar-refractivity contribution >= 4 is 29.1 Å². The largest absolute Gasteiger partial charge is 0.378 e. The molecule has 0 amide bonds. The Morgan fingerprint density at radius 2 is 2.17 bits per heavy atom. The molecule has 7 nitrogen and oxygen atoms in total. The topological polar surface area (TPSA) is 71.5 Å². The zero-order valence-electron chi connectivity index (χ0n) is 13.4. The zero-order valence-corrected chi connectivity index (χ0v) is 14.2. The molecule has 2 N–H and O–H groups in total. The molecule has 1 atom stereocenters. The van der Waals surface area contributed by atoms with Crippen molar-refractivity contribution in [1.82, 2.24) is 15.3 Å². The summed E-state index contributed by atoms with van der Waals surface area (Å²) in [6.45, 7) is 6.67. The first-order valence-corrected chi connectivity index (χ1v) is 8.46. The number of morpholine rings is 1. The summed E-state index contributed by atoms with van der Waals surface area (Å²) in [5, 5.41) is 6.77. The summed E-state index contributed by atoms with van der Waals surface area (Å²) in [4.78, 5) is 11.2. The van der Waals surface area contributed by atoms with Crippen molar-refractivity contribution in [2.45, 2.75) is 25.9 Å². The van der Waals surface area contributed by atoms with Gasteiger partial charge in [-0.1, -0.05) is 0 Å². The minimum absolute atomic E-state index is 0.247. The highest BCUT2D eigenvalue weighted by atomic mass is 32.1. The van der Waals surface area contributed by atoms with E-state index in [-0.39, 0.29) is 6.10 Å². The number of rotatable bonds is 4. The monoisotopic (exact) mass is 337 g/mol. The molecule has 3 rings (SSSR count). The van der Waals surface area contributed by atoms with E-state index in [1.54, 1.807) is 0 Å². The molecule has 8 heteroatoms. The lowest BCUT2D eigenvalue weighted by Gasteiger charge is -2.28. The SMILES string of the molecule is Cc1cc(N2CCOCC2)nc(NC(=S)NC[C@H]2CCCO2)n1.